The second-order valence-corrected chi connectivity index (χ2v) is 16.1. The zero-order valence-corrected chi connectivity index (χ0v) is 34.2. The number of pyridine rings is 1. The number of ether oxygens (including phenoxy) is 1. The first-order valence-corrected chi connectivity index (χ1v) is 21.1. The molecule has 17 nitrogen and oxygen atoms in total. The summed E-state index contributed by atoms with van der Waals surface area (Å²) in [4.78, 5) is 61.1. The molecule has 0 radical (unpaired) electrons. The number of morpholine rings is 1. The molecule has 6 aromatic rings. The van der Waals surface area contributed by atoms with Crippen molar-refractivity contribution in [3.63, 3.8) is 0 Å². The molecule has 19 heteroatoms. The topological polar surface area (TPSA) is 204 Å². The zero-order chi connectivity index (χ0) is 43.5. The highest BCUT2D eigenvalue weighted by molar-refractivity contribution is 6.03. The van der Waals surface area contributed by atoms with Crippen LogP contribution in [0.5, 0.6) is 0 Å². The van der Waals surface area contributed by atoms with Gasteiger partial charge in [0.25, 0.3) is 12.3 Å². The largest absolute Gasteiger partial charge is 0.444 e. The zero-order valence-electron chi connectivity index (χ0n) is 34.2. The minimum Gasteiger partial charge on any atom is -0.444 e. The second-order valence-electron chi connectivity index (χ2n) is 16.1. The minimum atomic E-state index is -2.94. The van der Waals surface area contributed by atoms with Crippen LogP contribution in [0.1, 0.15) is 71.9 Å². The van der Waals surface area contributed by atoms with Crippen LogP contribution in [0.3, 0.4) is 0 Å². The minimum absolute atomic E-state index is 0.0289. The van der Waals surface area contributed by atoms with E-state index < -0.39 is 35.7 Å². The van der Waals surface area contributed by atoms with E-state index >= 15 is 0 Å². The van der Waals surface area contributed by atoms with E-state index in [4.69, 9.17) is 13.6 Å². The van der Waals surface area contributed by atoms with Gasteiger partial charge in [-0.1, -0.05) is 24.3 Å². The summed E-state index contributed by atoms with van der Waals surface area (Å²) in [5.41, 5.74) is 3.21. The van der Waals surface area contributed by atoms with E-state index in [1.54, 1.807) is 36.5 Å². The third-order valence-electron chi connectivity index (χ3n) is 11.5. The molecule has 1 aliphatic carbocycles. The summed E-state index contributed by atoms with van der Waals surface area (Å²) in [6, 6.07) is 15.5. The number of carbonyl (C=O) groups is 3. The molecule has 2 atom stereocenters. The number of rotatable bonds is 17. The molecule has 63 heavy (non-hydrogen) atoms. The van der Waals surface area contributed by atoms with E-state index in [0.717, 1.165) is 43.7 Å². The van der Waals surface area contributed by atoms with Gasteiger partial charge in [-0.05, 0) is 86.0 Å². The Kier molecular flexibility index (Phi) is 12.2. The predicted octanol–water partition coefficient (Wildman–Crippen LogP) is 5.24. The Bertz CT molecular complexity index is 2670. The smallest absolute Gasteiger partial charge is 0.420 e. The van der Waals surface area contributed by atoms with E-state index in [1.807, 2.05) is 24.3 Å². The summed E-state index contributed by atoms with van der Waals surface area (Å²) in [7, 11) is 0. The summed E-state index contributed by atoms with van der Waals surface area (Å²) < 4.78 is 48.1. The summed E-state index contributed by atoms with van der Waals surface area (Å²) in [5.74, 6) is -0.653. The van der Waals surface area contributed by atoms with E-state index in [9.17, 15) is 28.0 Å². The molecule has 1 unspecified atom stereocenters. The van der Waals surface area contributed by atoms with Crippen molar-refractivity contribution in [3.8, 4) is 17.1 Å². The van der Waals surface area contributed by atoms with Crippen molar-refractivity contribution in [2.45, 2.75) is 63.6 Å². The quantitative estimate of drug-likeness (QED) is 0.0868. The van der Waals surface area contributed by atoms with E-state index in [0.29, 0.717) is 60.2 Å². The lowest BCUT2D eigenvalue weighted by Gasteiger charge is -2.33. The lowest BCUT2D eigenvalue weighted by molar-refractivity contribution is -0.135. The van der Waals surface area contributed by atoms with Crippen LogP contribution in [0, 0.1) is 5.92 Å². The highest BCUT2D eigenvalue weighted by atomic mass is 19.3. The molecule has 1 saturated carbocycles. The molecule has 3 amide bonds. The van der Waals surface area contributed by atoms with Gasteiger partial charge < -0.3 is 29.5 Å². The third kappa shape index (κ3) is 9.74. The fourth-order valence-electron chi connectivity index (χ4n) is 7.98. The highest BCUT2D eigenvalue weighted by Crippen LogP contribution is 2.31. The number of nitrogens with zero attached hydrogens (tertiary/aromatic N) is 6. The Morgan fingerprint density at radius 2 is 1.89 bits per heavy atom. The van der Waals surface area contributed by atoms with Crippen molar-refractivity contribution in [2.24, 2.45) is 5.92 Å². The van der Waals surface area contributed by atoms with Crippen LogP contribution < -0.4 is 27.0 Å². The Balaban J connectivity index is 0.747. The standard InChI is InChI=1S/C44H46F2N10O7/c45-40(46)38-32(50-41(58)33-25-62-43(51-33)29-14-15-48-36(19-29)49-21-27-6-7-27)24-55(53-38)30-10-8-26(9-11-30)20-47-22-31-23-54(17-18-61-31)16-2-4-28-3-1-5-34-39(28)63-44(60)56(34)35-12-13-37(57)52-42(35)59/h1,3,5,8-11,14-15,19,24-25,27,31,35,40,47H,2,4,6-7,12-13,16-18,20-23H2,(H,48,49)(H,50,58)(H,52,57,59)/t31-,35?/m1/s1. The number of oxazole rings is 2. The van der Waals surface area contributed by atoms with Crippen molar-refractivity contribution in [3.05, 3.63) is 106 Å². The van der Waals surface area contributed by atoms with Crippen molar-refractivity contribution < 1.29 is 36.7 Å². The fourth-order valence-corrected chi connectivity index (χ4v) is 7.98. The first-order chi connectivity index (χ1) is 30.6. The number of carbonyl (C=O) groups excluding carboxylic acids is 3. The number of fused-ring (bicyclic) bond motifs is 1. The van der Waals surface area contributed by atoms with Gasteiger partial charge in [0.2, 0.25) is 17.7 Å². The number of aryl methyl sites for hydroxylation is 1. The van der Waals surface area contributed by atoms with Crippen LogP contribution in [0.15, 0.2) is 86.9 Å². The maximum absolute atomic E-state index is 14.1. The molecular weight excluding hydrogens is 819 g/mol. The van der Waals surface area contributed by atoms with Crippen LogP contribution in [0.25, 0.3) is 28.2 Å². The van der Waals surface area contributed by atoms with Crippen molar-refractivity contribution in [2.75, 3.05) is 50.0 Å². The molecule has 0 bridgehead atoms. The van der Waals surface area contributed by atoms with Crippen molar-refractivity contribution in [1.82, 2.24) is 39.8 Å². The number of alkyl halides is 2. The maximum atomic E-state index is 14.1. The molecule has 4 aromatic heterocycles. The molecule has 9 rings (SSSR count). The lowest BCUT2D eigenvalue weighted by atomic mass is 10.0. The maximum Gasteiger partial charge on any atom is 0.420 e. The number of piperidine rings is 1. The molecule has 2 aliphatic heterocycles. The molecule has 6 heterocycles. The third-order valence-corrected chi connectivity index (χ3v) is 11.5. The van der Waals surface area contributed by atoms with Gasteiger partial charge in [0.1, 0.15) is 18.1 Å². The lowest BCUT2D eigenvalue weighted by Crippen LogP contribution is -2.46. The molecule has 2 aromatic carbocycles. The number of halogens is 2. The number of aromatic nitrogens is 5. The van der Waals surface area contributed by atoms with Crippen molar-refractivity contribution >= 4 is 40.3 Å². The highest BCUT2D eigenvalue weighted by Gasteiger charge is 2.32. The number of anilines is 2. The Labute approximate surface area is 359 Å². The van der Waals surface area contributed by atoms with Crippen LogP contribution in [-0.4, -0.2) is 92.4 Å². The van der Waals surface area contributed by atoms with Crippen LogP contribution in [0.4, 0.5) is 20.3 Å². The average Bonchev–Trinajstić information content (AvgIpc) is 3.63. The normalized spacial score (nSPS) is 18.3. The molecule has 328 valence electrons. The number of imide groups is 1. The van der Waals surface area contributed by atoms with E-state index in [-0.39, 0.29) is 42.1 Å². The van der Waals surface area contributed by atoms with Gasteiger partial charge in [0.15, 0.2) is 17.0 Å². The van der Waals surface area contributed by atoms with Crippen LogP contribution in [0.2, 0.25) is 0 Å². The first kappa shape index (κ1) is 41.8. The van der Waals surface area contributed by atoms with Gasteiger partial charge in [0, 0.05) is 50.9 Å². The number of benzene rings is 2. The second kappa shape index (κ2) is 18.4. The number of nitrogens with one attached hydrogen (secondary N) is 4. The van der Waals surface area contributed by atoms with Crippen LogP contribution >= 0.6 is 0 Å². The number of hydrogen-bond donors (Lipinski definition) is 4. The van der Waals surface area contributed by atoms with Gasteiger partial charge >= 0.3 is 5.76 Å². The predicted molar refractivity (Wildman–Crippen MR) is 226 cm³/mol. The fraction of sp³-hybridized carbons (Fsp3) is 0.386. The first-order valence-electron chi connectivity index (χ1n) is 21.1. The number of para-hydroxylation sites is 1. The Hall–Kier alpha value is -6.57. The molecule has 2 saturated heterocycles. The van der Waals surface area contributed by atoms with E-state index in [1.165, 1.54) is 34.6 Å². The molecule has 4 N–H and O–H groups in total. The Morgan fingerprint density at radius 3 is 2.70 bits per heavy atom. The summed E-state index contributed by atoms with van der Waals surface area (Å²) in [5, 5.41) is 15.7. The van der Waals surface area contributed by atoms with Gasteiger partial charge in [-0.3, -0.25) is 29.2 Å². The monoisotopic (exact) mass is 864 g/mol. The molecule has 0 spiro atoms. The summed E-state index contributed by atoms with van der Waals surface area (Å²) in [6.07, 6.45) is 5.46. The van der Waals surface area contributed by atoms with Gasteiger partial charge in [0.05, 0.1) is 35.8 Å². The number of amides is 3. The Morgan fingerprint density at radius 1 is 1.03 bits per heavy atom. The van der Waals surface area contributed by atoms with Gasteiger partial charge in [-0.25, -0.2) is 28.2 Å². The molecule has 3 fully saturated rings. The summed E-state index contributed by atoms with van der Waals surface area (Å²) >= 11 is 0. The van der Waals surface area contributed by atoms with Gasteiger partial charge in [-0.15, -0.1) is 0 Å². The number of hydrogen-bond acceptors (Lipinski definition) is 13. The van der Waals surface area contributed by atoms with Gasteiger partial charge in [-0.2, -0.15) is 5.10 Å². The van der Waals surface area contributed by atoms with Crippen LogP contribution in [-0.2, 0) is 27.3 Å². The van der Waals surface area contributed by atoms with Crippen molar-refractivity contribution in [1.29, 1.82) is 0 Å². The van der Waals surface area contributed by atoms with E-state index in [2.05, 4.69) is 41.2 Å². The average molecular weight is 865 g/mol. The molecular formula is C44H46F2N10O7. The molecule has 3 aliphatic rings. The SMILES string of the molecule is O=C1CCC(n2c(=O)oc3c(CCCN4CCO[C@H](CNCc5ccc(-n6cc(NC(=O)c7coc(-c8ccnc(NCC9CC9)c8)n7)c(C(F)F)n6)cc5)C4)cccc32)C(=O)N1. The summed E-state index contributed by atoms with van der Waals surface area (Å²) in [6.45, 7) is 4.94.